The minimum atomic E-state index is -0.0491. The lowest BCUT2D eigenvalue weighted by atomic mass is 10.2. The number of urea groups is 1. The Balaban J connectivity index is 1.54. The molecule has 1 aliphatic heterocycles. The van der Waals surface area contributed by atoms with E-state index in [1.165, 1.54) is 0 Å². The van der Waals surface area contributed by atoms with Crippen molar-refractivity contribution in [1.29, 1.82) is 0 Å². The molecule has 2 aromatic rings. The van der Waals surface area contributed by atoms with Crippen LogP contribution in [0.5, 0.6) is 5.75 Å². The molecule has 3 rings (SSSR count). The van der Waals surface area contributed by atoms with Crippen LogP contribution in [0.3, 0.4) is 0 Å². The molecule has 2 amide bonds. The maximum Gasteiger partial charge on any atom is 0.318 e. The van der Waals surface area contributed by atoms with Crippen molar-refractivity contribution in [2.45, 2.75) is 38.8 Å². The molecule has 0 radical (unpaired) electrons. The Bertz CT molecular complexity index is 676. The maximum absolute atomic E-state index is 12.5. The van der Waals surface area contributed by atoms with E-state index in [4.69, 9.17) is 4.74 Å². The normalized spacial score (nSPS) is 18.4. The van der Waals surface area contributed by atoms with E-state index in [0.29, 0.717) is 13.1 Å². The number of amides is 2. The van der Waals surface area contributed by atoms with Crippen molar-refractivity contribution in [2.24, 2.45) is 0 Å². The smallest absolute Gasteiger partial charge is 0.318 e. The summed E-state index contributed by atoms with van der Waals surface area (Å²) >= 11 is 1.59. The van der Waals surface area contributed by atoms with Gasteiger partial charge in [0, 0.05) is 30.2 Å². The molecule has 0 bridgehead atoms. The van der Waals surface area contributed by atoms with Gasteiger partial charge in [-0.25, -0.2) is 9.78 Å². The molecule has 6 nitrogen and oxygen atoms in total. The van der Waals surface area contributed by atoms with E-state index < -0.39 is 0 Å². The van der Waals surface area contributed by atoms with Gasteiger partial charge in [0.05, 0.1) is 18.8 Å². The summed E-state index contributed by atoms with van der Waals surface area (Å²) in [7, 11) is 0. The first-order chi connectivity index (χ1) is 11.7. The summed E-state index contributed by atoms with van der Waals surface area (Å²) in [6, 6.07) is 3.64. The number of thiazole rings is 1. The van der Waals surface area contributed by atoms with Gasteiger partial charge in [-0.1, -0.05) is 6.92 Å². The molecule has 1 saturated heterocycles. The summed E-state index contributed by atoms with van der Waals surface area (Å²) in [6.45, 7) is 5.31. The third kappa shape index (κ3) is 4.03. The van der Waals surface area contributed by atoms with Crippen LogP contribution in [0.4, 0.5) is 4.79 Å². The van der Waals surface area contributed by atoms with Gasteiger partial charge in [-0.15, -0.1) is 11.3 Å². The number of hydrogen-bond acceptors (Lipinski definition) is 5. The van der Waals surface area contributed by atoms with Crippen molar-refractivity contribution in [1.82, 2.24) is 20.2 Å². The Kier molecular flexibility index (Phi) is 5.30. The Hall–Kier alpha value is -2.15. The van der Waals surface area contributed by atoms with Crippen LogP contribution in [-0.4, -0.2) is 40.1 Å². The molecule has 2 aromatic heterocycles. The van der Waals surface area contributed by atoms with Crippen molar-refractivity contribution < 1.29 is 9.53 Å². The minimum absolute atomic E-state index is 0.0159. The fourth-order valence-corrected chi connectivity index (χ4v) is 3.66. The summed E-state index contributed by atoms with van der Waals surface area (Å²) in [4.78, 5) is 22.9. The Labute approximate surface area is 145 Å². The predicted octanol–water partition coefficient (Wildman–Crippen LogP) is 3.16. The highest BCUT2D eigenvalue weighted by Crippen LogP contribution is 2.22. The van der Waals surface area contributed by atoms with E-state index >= 15 is 0 Å². The van der Waals surface area contributed by atoms with Gasteiger partial charge in [-0.3, -0.25) is 4.98 Å². The minimum Gasteiger partial charge on any atom is -0.487 e. The van der Waals surface area contributed by atoms with Gasteiger partial charge in [0.15, 0.2) is 0 Å². The van der Waals surface area contributed by atoms with Crippen LogP contribution in [0, 0.1) is 6.92 Å². The van der Waals surface area contributed by atoms with Crippen molar-refractivity contribution in [2.75, 3.05) is 13.1 Å². The molecule has 0 spiro atoms. The van der Waals surface area contributed by atoms with Crippen LogP contribution in [0.25, 0.3) is 0 Å². The molecule has 0 unspecified atom stereocenters. The average molecular weight is 346 g/mol. The van der Waals surface area contributed by atoms with Crippen molar-refractivity contribution in [3.05, 3.63) is 40.6 Å². The molecule has 0 aromatic carbocycles. The van der Waals surface area contributed by atoms with Gasteiger partial charge >= 0.3 is 6.03 Å². The maximum atomic E-state index is 12.5. The van der Waals surface area contributed by atoms with Crippen LogP contribution in [0.15, 0.2) is 29.9 Å². The number of rotatable bonds is 5. The topological polar surface area (TPSA) is 67.4 Å². The summed E-state index contributed by atoms with van der Waals surface area (Å²) in [5, 5.41) is 6.06. The first-order valence-electron chi connectivity index (χ1n) is 8.20. The molecule has 1 aliphatic rings. The molecule has 0 aliphatic carbocycles. The van der Waals surface area contributed by atoms with Gasteiger partial charge in [0.1, 0.15) is 16.9 Å². The number of aryl methyl sites for hydroxylation is 1. The number of nitrogens with one attached hydrogen (secondary N) is 1. The third-order valence-electron chi connectivity index (χ3n) is 4.01. The van der Waals surface area contributed by atoms with Crippen LogP contribution in [0.2, 0.25) is 0 Å². The quantitative estimate of drug-likeness (QED) is 0.903. The molecule has 1 fully saturated rings. The monoisotopic (exact) mass is 346 g/mol. The van der Waals surface area contributed by atoms with Crippen molar-refractivity contribution in [3.8, 4) is 5.75 Å². The Morgan fingerprint density at radius 3 is 3.12 bits per heavy atom. The van der Waals surface area contributed by atoms with Gasteiger partial charge < -0.3 is 15.0 Å². The molecule has 3 heterocycles. The highest BCUT2D eigenvalue weighted by atomic mass is 32.1. The van der Waals surface area contributed by atoms with Crippen LogP contribution in [0.1, 0.15) is 36.5 Å². The third-order valence-corrected chi connectivity index (χ3v) is 5.09. The number of hydrogen-bond donors (Lipinski definition) is 1. The number of pyridine rings is 1. The summed E-state index contributed by atoms with van der Waals surface area (Å²) in [6.07, 6.45) is 5.08. The van der Waals surface area contributed by atoms with Crippen molar-refractivity contribution >= 4 is 17.4 Å². The number of likely N-dealkylation sites (tertiary alicyclic amines) is 1. The summed E-state index contributed by atoms with van der Waals surface area (Å²) in [5.41, 5.74) is 0.994. The molecule has 1 N–H and O–H groups in total. The fourth-order valence-electron chi connectivity index (χ4n) is 2.73. The van der Waals surface area contributed by atoms with E-state index in [0.717, 1.165) is 29.3 Å². The zero-order chi connectivity index (χ0) is 16.9. The molecule has 24 heavy (non-hydrogen) atoms. The Morgan fingerprint density at radius 1 is 1.58 bits per heavy atom. The zero-order valence-electron chi connectivity index (χ0n) is 13.9. The SMILES string of the molecule is CC[C@H](NC(=O)N1CC[C@@H](Oc2cccnc2)C1)c1nc(C)cs1. The zero-order valence-corrected chi connectivity index (χ0v) is 14.8. The van der Waals surface area contributed by atoms with Crippen LogP contribution < -0.4 is 10.1 Å². The second-order valence-corrected chi connectivity index (χ2v) is 6.79. The number of carbonyl (C=O) groups is 1. The average Bonchev–Trinajstić information content (AvgIpc) is 3.22. The highest BCUT2D eigenvalue weighted by Gasteiger charge is 2.29. The number of nitrogens with zero attached hydrogens (tertiary/aromatic N) is 3. The second kappa shape index (κ2) is 7.61. The van der Waals surface area contributed by atoms with Crippen LogP contribution in [-0.2, 0) is 0 Å². The lowest BCUT2D eigenvalue weighted by Crippen LogP contribution is -2.41. The van der Waals surface area contributed by atoms with Gasteiger partial charge in [-0.05, 0) is 25.5 Å². The summed E-state index contributed by atoms with van der Waals surface area (Å²) < 4.78 is 5.88. The van der Waals surface area contributed by atoms with E-state index in [1.54, 1.807) is 23.7 Å². The number of aromatic nitrogens is 2. The molecule has 7 heteroatoms. The Morgan fingerprint density at radius 2 is 2.46 bits per heavy atom. The highest BCUT2D eigenvalue weighted by molar-refractivity contribution is 7.09. The number of ether oxygens (including phenoxy) is 1. The van der Waals surface area contributed by atoms with Gasteiger partial charge in [0.2, 0.25) is 0 Å². The molecular formula is C17H22N4O2S. The first-order valence-corrected chi connectivity index (χ1v) is 9.07. The van der Waals surface area contributed by atoms with E-state index in [-0.39, 0.29) is 18.2 Å². The largest absolute Gasteiger partial charge is 0.487 e. The van der Waals surface area contributed by atoms with Gasteiger partial charge in [-0.2, -0.15) is 0 Å². The van der Waals surface area contributed by atoms with E-state index in [9.17, 15) is 4.79 Å². The second-order valence-electron chi connectivity index (χ2n) is 5.90. The molecule has 128 valence electrons. The van der Waals surface area contributed by atoms with E-state index in [1.807, 2.05) is 29.3 Å². The first kappa shape index (κ1) is 16.7. The standard InChI is InChI=1S/C17H22N4O2S/c1-3-15(16-19-12(2)11-24-16)20-17(22)21-8-6-14(10-21)23-13-5-4-7-18-9-13/h4-5,7,9,11,14-15H,3,6,8,10H2,1-2H3,(H,20,22)/t14-,15+/m1/s1. The summed E-state index contributed by atoms with van der Waals surface area (Å²) in [5.74, 6) is 0.745. The number of carbonyl (C=O) groups excluding carboxylic acids is 1. The molecule has 0 saturated carbocycles. The van der Waals surface area contributed by atoms with Crippen molar-refractivity contribution in [3.63, 3.8) is 0 Å². The fraction of sp³-hybridized carbons (Fsp3) is 0.471. The molecule has 2 atom stereocenters. The molecular weight excluding hydrogens is 324 g/mol. The lowest BCUT2D eigenvalue weighted by Gasteiger charge is -2.21. The predicted molar refractivity (Wildman–Crippen MR) is 93.3 cm³/mol. The van der Waals surface area contributed by atoms with Gasteiger partial charge in [0.25, 0.3) is 0 Å². The van der Waals surface area contributed by atoms with Crippen LogP contribution >= 0.6 is 11.3 Å². The van der Waals surface area contributed by atoms with E-state index in [2.05, 4.69) is 22.2 Å². The lowest BCUT2D eigenvalue weighted by molar-refractivity contribution is 0.184.